The minimum absolute atomic E-state index is 0.177. The maximum atomic E-state index is 12.1. The van der Waals surface area contributed by atoms with Crippen LogP contribution in [0.4, 0.5) is 0 Å². The van der Waals surface area contributed by atoms with Crippen LogP contribution in [0.2, 0.25) is 0 Å². The van der Waals surface area contributed by atoms with Gasteiger partial charge in [0.1, 0.15) is 5.75 Å². The lowest BCUT2D eigenvalue weighted by Crippen LogP contribution is -2.14. The van der Waals surface area contributed by atoms with Crippen molar-refractivity contribution in [2.24, 2.45) is 0 Å². The fourth-order valence-electron chi connectivity index (χ4n) is 1.95. The number of ether oxygens (including phenoxy) is 3. The van der Waals surface area contributed by atoms with Gasteiger partial charge in [-0.25, -0.2) is 4.79 Å². The highest BCUT2D eigenvalue weighted by molar-refractivity contribution is 6.02. The van der Waals surface area contributed by atoms with E-state index in [1.807, 2.05) is 18.2 Å². The highest BCUT2D eigenvalue weighted by Gasteiger charge is 2.11. The average Bonchev–Trinajstić information content (AvgIpc) is 2.56. The summed E-state index contributed by atoms with van der Waals surface area (Å²) in [6, 6.07) is 10.8. The Morgan fingerprint density at radius 1 is 1.09 bits per heavy atom. The molecule has 0 atom stereocenters. The molecule has 0 fully saturated rings. The Morgan fingerprint density at radius 2 is 1.78 bits per heavy atom. The van der Waals surface area contributed by atoms with E-state index >= 15 is 0 Å². The summed E-state index contributed by atoms with van der Waals surface area (Å²) < 4.78 is 15.1. The second kappa shape index (κ2) is 7.56. The van der Waals surface area contributed by atoms with E-state index < -0.39 is 5.97 Å². The molecule has 23 heavy (non-hydrogen) atoms. The van der Waals surface area contributed by atoms with Gasteiger partial charge in [-0.1, -0.05) is 24.8 Å². The Labute approximate surface area is 134 Å². The van der Waals surface area contributed by atoms with Gasteiger partial charge in [0.05, 0.1) is 0 Å². The Bertz CT molecular complexity index is 748. The topological polar surface area (TPSA) is 61.8 Å². The molecule has 0 bridgehead atoms. The Morgan fingerprint density at radius 3 is 2.48 bits per heavy atom. The minimum Gasteiger partial charge on any atom is -0.468 e. The van der Waals surface area contributed by atoms with Crippen molar-refractivity contribution < 1.29 is 23.8 Å². The molecule has 5 heteroatoms. The standard InChI is InChI=1S/C18H18O5/c1-12(2)18(20)22-10-17(19)15-5-4-14-9-16(23-11-21-3)7-6-13(14)8-15/h4-9H,1,10-11H2,2-3H3. The first kappa shape index (κ1) is 16.7. The summed E-state index contributed by atoms with van der Waals surface area (Å²) in [5.41, 5.74) is 0.748. The third kappa shape index (κ3) is 4.40. The summed E-state index contributed by atoms with van der Waals surface area (Å²) in [5, 5.41) is 1.83. The van der Waals surface area contributed by atoms with Crippen LogP contribution in [-0.2, 0) is 14.3 Å². The van der Waals surface area contributed by atoms with Crippen molar-refractivity contribution in [1.82, 2.24) is 0 Å². The van der Waals surface area contributed by atoms with Gasteiger partial charge in [-0.2, -0.15) is 0 Å². The maximum absolute atomic E-state index is 12.1. The van der Waals surface area contributed by atoms with Gasteiger partial charge in [0.2, 0.25) is 0 Å². The van der Waals surface area contributed by atoms with Gasteiger partial charge in [0.25, 0.3) is 0 Å². The summed E-state index contributed by atoms with van der Waals surface area (Å²) in [6.45, 7) is 4.88. The third-order valence-corrected chi connectivity index (χ3v) is 3.16. The number of Topliss-reactive ketones (excluding diaryl/α,β-unsaturated/α-hetero) is 1. The summed E-state index contributed by atoms with van der Waals surface area (Å²) >= 11 is 0. The van der Waals surface area contributed by atoms with Gasteiger partial charge in [-0.05, 0) is 35.9 Å². The Kier molecular flexibility index (Phi) is 5.49. The van der Waals surface area contributed by atoms with E-state index in [9.17, 15) is 9.59 Å². The molecule has 0 N–H and O–H groups in total. The third-order valence-electron chi connectivity index (χ3n) is 3.16. The summed E-state index contributed by atoms with van der Waals surface area (Å²) in [5.74, 6) is -0.144. The first-order valence-electron chi connectivity index (χ1n) is 7.02. The molecule has 0 aromatic heterocycles. The number of fused-ring (bicyclic) bond motifs is 1. The zero-order chi connectivity index (χ0) is 16.8. The molecule has 0 aliphatic heterocycles. The lowest BCUT2D eigenvalue weighted by atomic mass is 10.0. The highest BCUT2D eigenvalue weighted by Crippen LogP contribution is 2.22. The zero-order valence-electron chi connectivity index (χ0n) is 13.1. The monoisotopic (exact) mass is 314 g/mol. The lowest BCUT2D eigenvalue weighted by Gasteiger charge is -2.08. The fourth-order valence-corrected chi connectivity index (χ4v) is 1.95. The van der Waals surface area contributed by atoms with Crippen molar-refractivity contribution >= 4 is 22.5 Å². The van der Waals surface area contributed by atoms with Crippen molar-refractivity contribution in [2.45, 2.75) is 6.92 Å². The normalized spacial score (nSPS) is 10.3. The molecular formula is C18H18O5. The van der Waals surface area contributed by atoms with Crippen LogP contribution < -0.4 is 4.74 Å². The fraction of sp³-hybridized carbons (Fsp3) is 0.222. The van der Waals surface area contributed by atoms with Crippen LogP contribution >= 0.6 is 0 Å². The minimum atomic E-state index is -0.570. The first-order chi connectivity index (χ1) is 11.0. The van der Waals surface area contributed by atoms with Crippen molar-refractivity contribution in [3.05, 3.63) is 54.1 Å². The molecule has 0 heterocycles. The van der Waals surface area contributed by atoms with Crippen molar-refractivity contribution in [3.8, 4) is 5.75 Å². The number of carbonyl (C=O) groups is 2. The number of hydrogen-bond donors (Lipinski definition) is 0. The number of ketones is 1. The number of benzene rings is 2. The Hall–Kier alpha value is -2.66. The zero-order valence-corrected chi connectivity index (χ0v) is 13.1. The summed E-state index contributed by atoms with van der Waals surface area (Å²) in [6.07, 6.45) is 0. The van der Waals surface area contributed by atoms with E-state index in [0.717, 1.165) is 10.8 Å². The van der Waals surface area contributed by atoms with Crippen LogP contribution in [-0.4, -0.2) is 32.3 Å². The molecule has 0 aliphatic carbocycles. The van der Waals surface area contributed by atoms with Gasteiger partial charge in [0.15, 0.2) is 19.2 Å². The van der Waals surface area contributed by atoms with Crippen LogP contribution in [0, 0.1) is 0 Å². The van der Waals surface area contributed by atoms with E-state index in [4.69, 9.17) is 14.2 Å². The second-order valence-corrected chi connectivity index (χ2v) is 5.05. The predicted molar refractivity (Wildman–Crippen MR) is 86.6 cm³/mol. The second-order valence-electron chi connectivity index (χ2n) is 5.05. The van der Waals surface area contributed by atoms with Gasteiger partial charge in [-0.15, -0.1) is 0 Å². The molecule has 0 aliphatic rings. The molecule has 120 valence electrons. The number of hydrogen-bond acceptors (Lipinski definition) is 5. The summed E-state index contributed by atoms with van der Waals surface area (Å²) in [7, 11) is 1.56. The van der Waals surface area contributed by atoms with E-state index in [1.54, 1.807) is 25.3 Å². The molecule has 2 aromatic carbocycles. The number of rotatable bonds is 7. The molecule has 2 rings (SSSR count). The van der Waals surface area contributed by atoms with Gasteiger partial charge in [0, 0.05) is 18.2 Å². The lowest BCUT2D eigenvalue weighted by molar-refractivity contribution is -0.137. The first-order valence-corrected chi connectivity index (χ1v) is 7.02. The van der Waals surface area contributed by atoms with Gasteiger partial charge < -0.3 is 14.2 Å². The largest absolute Gasteiger partial charge is 0.468 e. The molecule has 0 spiro atoms. The number of carbonyl (C=O) groups excluding carboxylic acids is 2. The number of methoxy groups -OCH3 is 1. The van der Waals surface area contributed by atoms with Crippen LogP contribution in [0.3, 0.4) is 0 Å². The maximum Gasteiger partial charge on any atom is 0.333 e. The SMILES string of the molecule is C=C(C)C(=O)OCC(=O)c1ccc2cc(OCOC)ccc2c1. The summed E-state index contributed by atoms with van der Waals surface area (Å²) in [4.78, 5) is 23.4. The van der Waals surface area contributed by atoms with Crippen molar-refractivity contribution in [2.75, 3.05) is 20.5 Å². The van der Waals surface area contributed by atoms with E-state index in [1.165, 1.54) is 6.92 Å². The van der Waals surface area contributed by atoms with Crippen LogP contribution in [0.5, 0.6) is 5.75 Å². The molecule has 0 saturated carbocycles. The molecule has 5 nitrogen and oxygen atoms in total. The highest BCUT2D eigenvalue weighted by atomic mass is 16.7. The average molecular weight is 314 g/mol. The smallest absolute Gasteiger partial charge is 0.333 e. The van der Waals surface area contributed by atoms with Crippen molar-refractivity contribution in [1.29, 1.82) is 0 Å². The quantitative estimate of drug-likeness (QED) is 0.340. The van der Waals surface area contributed by atoms with E-state index in [2.05, 4.69) is 6.58 Å². The number of esters is 1. The predicted octanol–water partition coefficient (Wildman–Crippen LogP) is 3.12. The van der Waals surface area contributed by atoms with E-state index in [-0.39, 0.29) is 24.8 Å². The molecule has 0 amide bonds. The molecule has 0 radical (unpaired) electrons. The molecular weight excluding hydrogens is 296 g/mol. The van der Waals surface area contributed by atoms with Crippen LogP contribution in [0.25, 0.3) is 10.8 Å². The van der Waals surface area contributed by atoms with Gasteiger partial charge >= 0.3 is 5.97 Å². The van der Waals surface area contributed by atoms with Crippen LogP contribution in [0.1, 0.15) is 17.3 Å². The molecule has 0 saturated heterocycles. The van der Waals surface area contributed by atoms with Crippen molar-refractivity contribution in [3.63, 3.8) is 0 Å². The van der Waals surface area contributed by atoms with Crippen LogP contribution in [0.15, 0.2) is 48.6 Å². The van der Waals surface area contributed by atoms with Gasteiger partial charge in [-0.3, -0.25) is 4.79 Å². The molecule has 0 unspecified atom stereocenters. The molecule has 2 aromatic rings. The Balaban J connectivity index is 2.12. The van der Waals surface area contributed by atoms with E-state index in [0.29, 0.717) is 11.3 Å².